The molecule has 1 aliphatic carbocycles. The first-order valence-corrected chi connectivity index (χ1v) is 9.47. The van der Waals surface area contributed by atoms with Crippen LogP contribution in [-0.4, -0.2) is 4.98 Å². The Kier molecular flexibility index (Phi) is 4.24. The van der Waals surface area contributed by atoms with Crippen LogP contribution in [0.3, 0.4) is 0 Å². The Balaban J connectivity index is 1.87. The third-order valence-electron chi connectivity index (χ3n) is 5.65. The van der Waals surface area contributed by atoms with Crippen LogP contribution in [-0.2, 0) is 6.42 Å². The number of para-hydroxylation sites is 1. The molecule has 1 aliphatic rings. The van der Waals surface area contributed by atoms with Crippen LogP contribution in [0.5, 0.6) is 0 Å². The molecule has 0 radical (unpaired) electrons. The third kappa shape index (κ3) is 3.10. The van der Waals surface area contributed by atoms with Crippen molar-refractivity contribution >= 4 is 10.9 Å². The summed E-state index contributed by atoms with van der Waals surface area (Å²) in [5.41, 5.74) is 6.74. The van der Waals surface area contributed by atoms with E-state index in [1.807, 2.05) is 6.07 Å². The summed E-state index contributed by atoms with van der Waals surface area (Å²) in [6.45, 7) is 4.25. The third-order valence-corrected chi connectivity index (χ3v) is 5.65. The number of nitrogens with zero attached hydrogens (tertiary/aromatic N) is 2. The molecule has 0 bridgehead atoms. The molecule has 0 N–H and O–H groups in total. The Morgan fingerprint density at radius 2 is 1.69 bits per heavy atom. The van der Waals surface area contributed by atoms with Crippen molar-refractivity contribution in [3.05, 3.63) is 65.2 Å². The summed E-state index contributed by atoms with van der Waals surface area (Å²) in [5, 5.41) is 11.0. The lowest BCUT2D eigenvalue weighted by Crippen LogP contribution is -2.17. The van der Waals surface area contributed by atoms with Crippen LogP contribution in [0.1, 0.15) is 42.4 Å². The van der Waals surface area contributed by atoms with Crippen LogP contribution in [0.2, 0.25) is 0 Å². The Labute approximate surface area is 155 Å². The Hall–Kier alpha value is -2.66. The number of benzene rings is 2. The molecule has 0 unspecified atom stereocenters. The van der Waals surface area contributed by atoms with Gasteiger partial charge in [-0.15, -0.1) is 0 Å². The highest BCUT2D eigenvalue weighted by molar-refractivity contribution is 5.85. The number of nitriles is 1. The predicted octanol–water partition coefficient (Wildman–Crippen LogP) is 6.15. The van der Waals surface area contributed by atoms with Crippen LogP contribution in [0, 0.1) is 30.6 Å². The summed E-state index contributed by atoms with van der Waals surface area (Å²) < 4.78 is 0. The van der Waals surface area contributed by atoms with E-state index in [1.165, 1.54) is 34.9 Å². The molecule has 1 aromatic heterocycles. The van der Waals surface area contributed by atoms with Gasteiger partial charge in [0.1, 0.15) is 0 Å². The van der Waals surface area contributed by atoms with E-state index in [0.29, 0.717) is 0 Å². The average Bonchev–Trinajstić information content (AvgIpc) is 3.10. The van der Waals surface area contributed by atoms with Crippen LogP contribution >= 0.6 is 0 Å². The maximum Gasteiger partial charge on any atom is 0.0712 e. The fourth-order valence-corrected chi connectivity index (χ4v) is 4.41. The van der Waals surface area contributed by atoms with Crippen LogP contribution < -0.4 is 0 Å². The van der Waals surface area contributed by atoms with Crippen molar-refractivity contribution in [2.24, 2.45) is 5.41 Å². The van der Waals surface area contributed by atoms with Gasteiger partial charge in [0, 0.05) is 10.9 Å². The molecule has 0 amide bonds. The van der Waals surface area contributed by atoms with E-state index in [4.69, 9.17) is 4.98 Å². The van der Waals surface area contributed by atoms with E-state index >= 15 is 0 Å². The summed E-state index contributed by atoms with van der Waals surface area (Å²) in [7, 11) is 0. The van der Waals surface area contributed by atoms with Gasteiger partial charge in [-0.2, -0.15) is 5.26 Å². The van der Waals surface area contributed by atoms with E-state index in [0.717, 1.165) is 36.0 Å². The topological polar surface area (TPSA) is 36.7 Å². The standard InChI is InChI=1S/C24H24N2/c1-17-11-18(2)13-19(12-17)23-14-20(15-24(16-25)9-5-6-10-24)21-7-3-4-8-22(21)26-23/h3-4,7-8,11-14H,5-6,9-10,15H2,1-2H3. The molecule has 1 saturated carbocycles. The van der Waals surface area contributed by atoms with Gasteiger partial charge in [-0.05, 0) is 62.9 Å². The zero-order chi connectivity index (χ0) is 18.1. The molecule has 2 nitrogen and oxygen atoms in total. The lowest BCUT2D eigenvalue weighted by Gasteiger charge is -2.21. The number of hydrogen-bond acceptors (Lipinski definition) is 2. The van der Waals surface area contributed by atoms with Gasteiger partial charge in [-0.25, -0.2) is 4.98 Å². The fourth-order valence-electron chi connectivity index (χ4n) is 4.41. The summed E-state index contributed by atoms with van der Waals surface area (Å²) in [5.74, 6) is 0. The van der Waals surface area contributed by atoms with Gasteiger partial charge in [0.15, 0.2) is 0 Å². The lowest BCUT2D eigenvalue weighted by molar-refractivity contribution is 0.409. The van der Waals surface area contributed by atoms with E-state index in [-0.39, 0.29) is 5.41 Å². The number of aryl methyl sites for hydroxylation is 2. The summed E-state index contributed by atoms with van der Waals surface area (Å²) in [6.07, 6.45) is 5.18. The lowest BCUT2D eigenvalue weighted by atomic mass is 9.80. The Morgan fingerprint density at radius 3 is 2.38 bits per heavy atom. The molecular weight excluding hydrogens is 316 g/mol. The molecule has 0 spiro atoms. The van der Waals surface area contributed by atoms with E-state index in [9.17, 15) is 5.26 Å². The maximum absolute atomic E-state index is 9.84. The monoisotopic (exact) mass is 340 g/mol. The highest BCUT2D eigenvalue weighted by Gasteiger charge is 2.34. The molecule has 26 heavy (non-hydrogen) atoms. The highest BCUT2D eigenvalue weighted by atomic mass is 14.7. The normalized spacial score (nSPS) is 15.9. The molecule has 4 rings (SSSR count). The van der Waals surface area contributed by atoms with E-state index < -0.39 is 0 Å². The van der Waals surface area contributed by atoms with Crippen LogP contribution in [0.25, 0.3) is 22.2 Å². The quantitative estimate of drug-likeness (QED) is 0.574. The van der Waals surface area contributed by atoms with Gasteiger partial charge in [0.2, 0.25) is 0 Å². The highest BCUT2D eigenvalue weighted by Crippen LogP contribution is 2.42. The first kappa shape index (κ1) is 16.8. The van der Waals surface area contributed by atoms with Gasteiger partial charge in [-0.3, -0.25) is 0 Å². The van der Waals surface area contributed by atoms with Crippen molar-refractivity contribution in [2.45, 2.75) is 46.0 Å². The van der Waals surface area contributed by atoms with Gasteiger partial charge >= 0.3 is 0 Å². The largest absolute Gasteiger partial charge is 0.248 e. The second-order valence-corrected chi connectivity index (χ2v) is 7.84. The van der Waals surface area contributed by atoms with Crippen molar-refractivity contribution in [3.8, 4) is 17.3 Å². The van der Waals surface area contributed by atoms with Gasteiger partial charge < -0.3 is 0 Å². The summed E-state index contributed by atoms with van der Waals surface area (Å²) in [4.78, 5) is 4.93. The number of hydrogen-bond donors (Lipinski definition) is 0. The molecule has 2 aromatic carbocycles. The fraction of sp³-hybridized carbons (Fsp3) is 0.333. The van der Waals surface area contributed by atoms with Crippen molar-refractivity contribution < 1.29 is 0 Å². The molecule has 3 aromatic rings. The molecule has 130 valence electrons. The molecular formula is C24H24N2. The van der Waals surface area contributed by atoms with Gasteiger partial charge in [0.25, 0.3) is 0 Å². The summed E-state index contributed by atoms with van der Waals surface area (Å²) >= 11 is 0. The molecule has 0 saturated heterocycles. The van der Waals surface area contributed by atoms with Crippen molar-refractivity contribution in [1.82, 2.24) is 4.98 Å². The zero-order valence-corrected chi connectivity index (χ0v) is 15.5. The van der Waals surface area contributed by atoms with E-state index in [1.54, 1.807) is 0 Å². The van der Waals surface area contributed by atoms with Crippen molar-refractivity contribution in [2.75, 3.05) is 0 Å². The minimum atomic E-state index is -0.204. The SMILES string of the molecule is Cc1cc(C)cc(-c2cc(CC3(C#N)CCCC3)c3ccccc3n2)c1. The van der Waals surface area contributed by atoms with Crippen LogP contribution in [0.4, 0.5) is 0 Å². The Bertz CT molecular complexity index is 984. The molecule has 0 atom stereocenters. The zero-order valence-electron chi connectivity index (χ0n) is 15.5. The van der Waals surface area contributed by atoms with Crippen molar-refractivity contribution in [3.63, 3.8) is 0 Å². The number of fused-ring (bicyclic) bond motifs is 1. The average molecular weight is 340 g/mol. The van der Waals surface area contributed by atoms with E-state index in [2.05, 4.69) is 62.4 Å². The number of pyridine rings is 1. The van der Waals surface area contributed by atoms with Crippen LogP contribution in [0.15, 0.2) is 48.5 Å². The molecule has 0 aliphatic heterocycles. The number of rotatable bonds is 3. The minimum absolute atomic E-state index is 0.204. The molecule has 2 heteroatoms. The predicted molar refractivity (Wildman–Crippen MR) is 107 cm³/mol. The summed E-state index contributed by atoms with van der Waals surface area (Å²) in [6, 6.07) is 19.8. The smallest absolute Gasteiger partial charge is 0.0712 e. The second kappa shape index (κ2) is 6.57. The second-order valence-electron chi connectivity index (χ2n) is 7.84. The first-order chi connectivity index (χ1) is 12.6. The maximum atomic E-state index is 9.84. The molecule has 1 heterocycles. The van der Waals surface area contributed by atoms with Gasteiger partial charge in [0.05, 0.1) is 22.7 Å². The van der Waals surface area contributed by atoms with Crippen molar-refractivity contribution in [1.29, 1.82) is 5.26 Å². The van der Waals surface area contributed by atoms with Gasteiger partial charge in [-0.1, -0.05) is 48.2 Å². The minimum Gasteiger partial charge on any atom is -0.248 e. The number of aromatic nitrogens is 1. The molecule has 1 fully saturated rings. The first-order valence-electron chi connectivity index (χ1n) is 9.47. The Morgan fingerprint density at radius 1 is 1.00 bits per heavy atom.